The lowest BCUT2D eigenvalue weighted by Gasteiger charge is -2.01. The number of hydrogen-bond acceptors (Lipinski definition) is 2. The van der Waals surface area contributed by atoms with Crippen LogP contribution in [-0.2, 0) is 13.5 Å². The maximum atomic E-state index is 5.98. The Kier molecular flexibility index (Phi) is 3.01. The lowest BCUT2D eigenvalue weighted by molar-refractivity contribution is 0.781. The van der Waals surface area contributed by atoms with Crippen molar-refractivity contribution in [3.8, 4) is 11.3 Å². The van der Waals surface area contributed by atoms with Crippen molar-refractivity contribution in [2.45, 2.75) is 13.3 Å². The lowest BCUT2D eigenvalue weighted by atomic mass is 10.1. The maximum Gasteiger partial charge on any atom is 0.125 e. The molecule has 2 rings (SSSR count). The predicted molar refractivity (Wildman–Crippen MR) is 70.1 cm³/mol. The number of aromatic nitrogens is 2. The minimum Gasteiger partial charge on any atom is -0.384 e. The summed E-state index contributed by atoms with van der Waals surface area (Å²) in [6.07, 6.45) is 0.890. The SMILES string of the molecule is CCc1c(-c2cccc(Br)c2)nn(C)c1N. The van der Waals surface area contributed by atoms with Gasteiger partial charge < -0.3 is 5.73 Å². The van der Waals surface area contributed by atoms with Crippen LogP contribution in [0.15, 0.2) is 28.7 Å². The molecule has 0 unspecified atom stereocenters. The standard InChI is InChI=1S/C12H14BrN3/c1-3-10-11(15-16(2)12(10)14)8-5-4-6-9(13)7-8/h4-7H,3,14H2,1-2H3. The highest BCUT2D eigenvalue weighted by Crippen LogP contribution is 2.28. The van der Waals surface area contributed by atoms with Crippen LogP contribution < -0.4 is 5.73 Å². The third-order valence-electron chi connectivity index (χ3n) is 2.65. The van der Waals surface area contributed by atoms with Gasteiger partial charge in [0.05, 0.1) is 5.69 Å². The maximum absolute atomic E-state index is 5.98. The molecule has 2 aromatic rings. The lowest BCUT2D eigenvalue weighted by Crippen LogP contribution is -1.98. The Morgan fingerprint density at radius 2 is 2.19 bits per heavy atom. The molecule has 0 radical (unpaired) electrons. The summed E-state index contributed by atoms with van der Waals surface area (Å²) in [5, 5.41) is 4.46. The molecule has 0 aliphatic heterocycles. The van der Waals surface area contributed by atoms with Gasteiger partial charge in [0.1, 0.15) is 5.82 Å². The van der Waals surface area contributed by atoms with E-state index in [1.807, 2.05) is 25.2 Å². The van der Waals surface area contributed by atoms with E-state index in [1.165, 1.54) is 0 Å². The normalized spacial score (nSPS) is 10.7. The van der Waals surface area contributed by atoms with E-state index in [0.29, 0.717) is 0 Å². The Hall–Kier alpha value is -1.29. The minimum atomic E-state index is 0.748. The van der Waals surface area contributed by atoms with Crippen molar-refractivity contribution in [3.63, 3.8) is 0 Å². The van der Waals surface area contributed by atoms with Crippen molar-refractivity contribution in [2.75, 3.05) is 5.73 Å². The molecule has 4 heteroatoms. The van der Waals surface area contributed by atoms with Crippen molar-refractivity contribution >= 4 is 21.7 Å². The van der Waals surface area contributed by atoms with E-state index >= 15 is 0 Å². The summed E-state index contributed by atoms with van der Waals surface area (Å²) >= 11 is 3.47. The number of halogens is 1. The second-order valence-electron chi connectivity index (χ2n) is 3.70. The van der Waals surface area contributed by atoms with Crippen molar-refractivity contribution in [3.05, 3.63) is 34.3 Å². The van der Waals surface area contributed by atoms with Crippen LogP contribution in [-0.4, -0.2) is 9.78 Å². The average molecular weight is 280 g/mol. The van der Waals surface area contributed by atoms with Gasteiger partial charge in [0.2, 0.25) is 0 Å². The quantitative estimate of drug-likeness (QED) is 0.919. The first-order chi connectivity index (χ1) is 7.63. The van der Waals surface area contributed by atoms with E-state index in [9.17, 15) is 0 Å². The minimum absolute atomic E-state index is 0.748. The number of anilines is 1. The number of hydrogen-bond donors (Lipinski definition) is 1. The Bertz CT molecular complexity index is 517. The van der Waals surface area contributed by atoms with Gasteiger partial charge in [-0.25, -0.2) is 0 Å². The monoisotopic (exact) mass is 279 g/mol. The summed E-state index contributed by atoms with van der Waals surface area (Å²) < 4.78 is 2.78. The van der Waals surface area contributed by atoms with Gasteiger partial charge in [-0.05, 0) is 18.6 Å². The fraction of sp³-hybridized carbons (Fsp3) is 0.250. The number of rotatable bonds is 2. The van der Waals surface area contributed by atoms with Crippen molar-refractivity contribution in [1.82, 2.24) is 9.78 Å². The van der Waals surface area contributed by atoms with E-state index in [-0.39, 0.29) is 0 Å². The topological polar surface area (TPSA) is 43.8 Å². The Balaban J connectivity index is 2.60. The fourth-order valence-corrected chi connectivity index (χ4v) is 2.20. The molecule has 1 aromatic carbocycles. The summed E-state index contributed by atoms with van der Waals surface area (Å²) in [5.41, 5.74) is 9.16. The molecule has 0 saturated heterocycles. The third-order valence-corrected chi connectivity index (χ3v) is 3.14. The molecule has 0 fully saturated rings. The summed E-state index contributed by atoms with van der Waals surface area (Å²) in [4.78, 5) is 0. The van der Waals surface area contributed by atoms with Crippen molar-refractivity contribution in [2.24, 2.45) is 7.05 Å². The van der Waals surface area contributed by atoms with E-state index in [2.05, 4.69) is 34.0 Å². The summed E-state index contributed by atoms with van der Waals surface area (Å²) in [6, 6.07) is 8.11. The first-order valence-corrected chi connectivity index (χ1v) is 6.00. The molecule has 0 saturated carbocycles. The van der Waals surface area contributed by atoms with E-state index in [1.54, 1.807) is 4.68 Å². The van der Waals surface area contributed by atoms with E-state index in [4.69, 9.17) is 5.73 Å². The molecule has 0 spiro atoms. The summed E-state index contributed by atoms with van der Waals surface area (Å²) in [7, 11) is 1.87. The molecule has 84 valence electrons. The summed E-state index contributed by atoms with van der Waals surface area (Å²) in [6.45, 7) is 2.09. The zero-order valence-corrected chi connectivity index (χ0v) is 11.0. The van der Waals surface area contributed by atoms with Crippen LogP contribution in [0.2, 0.25) is 0 Å². The van der Waals surface area contributed by atoms with E-state index in [0.717, 1.165) is 33.5 Å². The second kappa shape index (κ2) is 4.29. The third kappa shape index (κ3) is 1.85. The Labute approximate surface area is 103 Å². The van der Waals surface area contributed by atoms with Gasteiger partial charge in [-0.2, -0.15) is 5.10 Å². The van der Waals surface area contributed by atoms with Gasteiger partial charge >= 0.3 is 0 Å². The summed E-state index contributed by atoms with van der Waals surface area (Å²) in [5.74, 6) is 0.748. The van der Waals surface area contributed by atoms with Crippen molar-refractivity contribution in [1.29, 1.82) is 0 Å². The van der Waals surface area contributed by atoms with Gasteiger partial charge in [-0.15, -0.1) is 0 Å². The average Bonchev–Trinajstić information content (AvgIpc) is 2.55. The molecule has 16 heavy (non-hydrogen) atoms. The highest BCUT2D eigenvalue weighted by Gasteiger charge is 2.13. The highest BCUT2D eigenvalue weighted by atomic mass is 79.9. The smallest absolute Gasteiger partial charge is 0.125 e. The van der Waals surface area contributed by atoms with Gasteiger partial charge in [0.15, 0.2) is 0 Å². The molecule has 3 nitrogen and oxygen atoms in total. The predicted octanol–water partition coefficient (Wildman–Crippen LogP) is 2.99. The molecule has 0 aliphatic carbocycles. The molecule has 0 bridgehead atoms. The van der Waals surface area contributed by atoms with Gasteiger partial charge in [0.25, 0.3) is 0 Å². The Morgan fingerprint density at radius 3 is 2.81 bits per heavy atom. The number of nitrogens with two attached hydrogens (primary N) is 1. The van der Waals surface area contributed by atoms with Crippen LogP contribution in [0.25, 0.3) is 11.3 Å². The number of aryl methyl sites for hydroxylation is 1. The van der Waals surface area contributed by atoms with Crippen LogP contribution in [0.4, 0.5) is 5.82 Å². The van der Waals surface area contributed by atoms with Crippen LogP contribution in [0, 0.1) is 0 Å². The highest BCUT2D eigenvalue weighted by molar-refractivity contribution is 9.10. The van der Waals surface area contributed by atoms with Crippen LogP contribution in [0.3, 0.4) is 0 Å². The largest absolute Gasteiger partial charge is 0.384 e. The molecule has 0 atom stereocenters. The molecule has 2 N–H and O–H groups in total. The van der Waals surface area contributed by atoms with Crippen LogP contribution in [0.1, 0.15) is 12.5 Å². The first kappa shape index (κ1) is 11.2. The molecule has 0 amide bonds. The van der Waals surface area contributed by atoms with Gasteiger partial charge in [-0.1, -0.05) is 35.0 Å². The molecular weight excluding hydrogens is 266 g/mol. The van der Waals surface area contributed by atoms with Gasteiger partial charge in [-0.3, -0.25) is 4.68 Å². The molecule has 1 heterocycles. The molecular formula is C12H14BrN3. The number of benzene rings is 1. The fourth-order valence-electron chi connectivity index (χ4n) is 1.80. The van der Waals surface area contributed by atoms with E-state index < -0.39 is 0 Å². The first-order valence-electron chi connectivity index (χ1n) is 5.20. The number of nitrogen functional groups attached to an aromatic ring is 1. The number of nitrogens with zero attached hydrogens (tertiary/aromatic N) is 2. The molecule has 1 aromatic heterocycles. The second-order valence-corrected chi connectivity index (χ2v) is 4.62. The van der Waals surface area contributed by atoms with Crippen LogP contribution >= 0.6 is 15.9 Å². The van der Waals surface area contributed by atoms with Crippen molar-refractivity contribution < 1.29 is 0 Å². The molecule has 0 aliphatic rings. The van der Waals surface area contributed by atoms with Crippen LogP contribution in [0.5, 0.6) is 0 Å². The zero-order valence-electron chi connectivity index (χ0n) is 9.37. The Morgan fingerprint density at radius 1 is 1.44 bits per heavy atom. The van der Waals surface area contributed by atoms with Gasteiger partial charge in [0, 0.05) is 22.6 Å². The zero-order chi connectivity index (χ0) is 11.7.